The summed E-state index contributed by atoms with van der Waals surface area (Å²) in [5, 5.41) is 7.32. The van der Waals surface area contributed by atoms with Crippen molar-refractivity contribution in [2.45, 2.75) is 19.1 Å². The largest absolute Gasteiger partial charge is 0.343 e. The maximum atomic E-state index is 13.5. The zero-order chi connectivity index (χ0) is 22.6. The number of fused-ring (bicyclic) bond motifs is 1. The Labute approximate surface area is 190 Å². The third-order valence-corrected chi connectivity index (χ3v) is 5.60. The van der Waals surface area contributed by atoms with Gasteiger partial charge >= 0.3 is 0 Å². The van der Waals surface area contributed by atoms with Crippen LogP contribution in [0.1, 0.15) is 27.5 Å². The highest BCUT2D eigenvalue weighted by Gasteiger charge is 2.18. The lowest BCUT2D eigenvalue weighted by Gasteiger charge is -2.20. The Kier molecular flexibility index (Phi) is 5.68. The van der Waals surface area contributed by atoms with Crippen molar-refractivity contribution in [2.24, 2.45) is 0 Å². The molecule has 1 N–H and O–H groups in total. The fourth-order valence-electron chi connectivity index (χ4n) is 3.87. The van der Waals surface area contributed by atoms with Gasteiger partial charge in [0.2, 0.25) is 0 Å². The van der Waals surface area contributed by atoms with Crippen LogP contribution in [0.15, 0.2) is 97.6 Å². The van der Waals surface area contributed by atoms with E-state index >= 15 is 0 Å². The van der Waals surface area contributed by atoms with Crippen LogP contribution in [-0.4, -0.2) is 25.2 Å². The summed E-state index contributed by atoms with van der Waals surface area (Å²) in [6.45, 7) is 1.11. The SMILES string of the molecule is O=C(N[C@H](Cn1cnc2ccccc21)c1ccc(F)cc1)c1ccc(Cn2cccn2)cc1. The maximum Gasteiger partial charge on any atom is 0.251 e. The first-order valence-corrected chi connectivity index (χ1v) is 10.7. The molecule has 0 saturated carbocycles. The summed E-state index contributed by atoms with van der Waals surface area (Å²) < 4.78 is 17.4. The molecule has 0 fully saturated rings. The molecule has 1 amide bonds. The third-order valence-electron chi connectivity index (χ3n) is 5.60. The number of carbonyl (C=O) groups excluding carboxylic acids is 1. The van der Waals surface area contributed by atoms with E-state index < -0.39 is 0 Å². The lowest BCUT2D eigenvalue weighted by molar-refractivity contribution is 0.0933. The molecule has 0 unspecified atom stereocenters. The number of nitrogens with zero attached hydrogens (tertiary/aromatic N) is 4. The molecule has 7 heteroatoms. The van der Waals surface area contributed by atoms with Crippen LogP contribution in [0.5, 0.6) is 0 Å². The van der Waals surface area contributed by atoms with Gasteiger partial charge in [0.05, 0.1) is 29.9 Å². The van der Waals surface area contributed by atoms with Crippen molar-refractivity contribution in [3.8, 4) is 0 Å². The van der Waals surface area contributed by atoms with Crippen molar-refractivity contribution in [2.75, 3.05) is 0 Å². The first kappa shape index (κ1) is 20.6. The highest BCUT2D eigenvalue weighted by molar-refractivity contribution is 5.94. The minimum absolute atomic E-state index is 0.195. The average Bonchev–Trinajstić information content (AvgIpc) is 3.50. The molecule has 6 nitrogen and oxygen atoms in total. The predicted molar refractivity (Wildman–Crippen MR) is 124 cm³/mol. The monoisotopic (exact) mass is 439 g/mol. The molecule has 164 valence electrons. The minimum Gasteiger partial charge on any atom is -0.343 e. The normalized spacial score (nSPS) is 12.0. The first-order valence-electron chi connectivity index (χ1n) is 10.7. The van der Waals surface area contributed by atoms with Gasteiger partial charge < -0.3 is 9.88 Å². The number of halogens is 1. The van der Waals surface area contributed by atoms with Crippen molar-refractivity contribution in [1.82, 2.24) is 24.6 Å². The number of aromatic nitrogens is 4. The topological polar surface area (TPSA) is 64.7 Å². The molecule has 0 aliphatic heterocycles. The molecule has 33 heavy (non-hydrogen) atoms. The fraction of sp³-hybridized carbons (Fsp3) is 0.115. The lowest BCUT2D eigenvalue weighted by Crippen LogP contribution is -2.31. The van der Waals surface area contributed by atoms with Crippen LogP contribution in [0.3, 0.4) is 0 Å². The Morgan fingerprint density at radius 3 is 2.52 bits per heavy atom. The van der Waals surface area contributed by atoms with Gasteiger partial charge in [0.25, 0.3) is 5.91 Å². The van der Waals surface area contributed by atoms with Crippen LogP contribution >= 0.6 is 0 Å². The number of benzene rings is 3. The highest BCUT2D eigenvalue weighted by Crippen LogP contribution is 2.20. The average molecular weight is 439 g/mol. The van der Waals surface area contributed by atoms with Crippen molar-refractivity contribution in [1.29, 1.82) is 0 Å². The maximum absolute atomic E-state index is 13.5. The van der Waals surface area contributed by atoms with Gasteiger partial charge in [-0.05, 0) is 53.6 Å². The van der Waals surface area contributed by atoms with E-state index in [2.05, 4.69) is 15.4 Å². The molecule has 2 heterocycles. The van der Waals surface area contributed by atoms with E-state index in [1.54, 1.807) is 24.7 Å². The Bertz CT molecular complexity index is 1360. The second-order valence-electron chi connectivity index (χ2n) is 7.86. The molecular formula is C26H22FN5O. The number of hydrogen-bond donors (Lipinski definition) is 1. The first-order chi connectivity index (χ1) is 16.2. The second kappa shape index (κ2) is 9.08. The quantitative estimate of drug-likeness (QED) is 0.403. The smallest absolute Gasteiger partial charge is 0.251 e. The van der Waals surface area contributed by atoms with Gasteiger partial charge in [0.15, 0.2) is 0 Å². The van der Waals surface area contributed by atoms with Crippen molar-refractivity contribution < 1.29 is 9.18 Å². The summed E-state index contributed by atoms with van der Waals surface area (Å²) in [5.41, 5.74) is 4.28. The fourth-order valence-corrected chi connectivity index (χ4v) is 3.87. The van der Waals surface area contributed by atoms with Crippen LogP contribution in [0.25, 0.3) is 11.0 Å². The molecule has 2 aromatic heterocycles. The molecule has 1 atom stereocenters. The molecule has 0 aliphatic rings. The molecule has 3 aromatic carbocycles. The number of para-hydroxylation sites is 2. The van der Waals surface area contributed by atoms with E-state index in [1.807, 2.05) is 70.0 Å². The van der Waals surface area contributed by atoms with Crippen molar-refractivity contribution >= 4 is 16.9 Å². The number of hydrogen-bond acceptors (Lipinski definition) is 3. The standard InChI is InChI=1S/C26H22FN5O/c27-22-12-10-20(11-13-22)24(17-31-18-28-23-4-1-2-5-25(23)31)30-26(33)21-8-6-19(7-9-21)16-32-15-3-14-29-32/h1-15,18,24H,16-17H2,(H,30,33)/t24-/m1/s1. The second-order valence-corrected chi connectivity index (χ2v) is 7.86. The zero-order valence-corrected chi connectivity index (χ0v) is 17.8. The van der Waals surface area contributed by atoms with E-state index in [0.29, 0.717) is 18.7 Å². The van der Waals surface area contributed by atoms with Gasteiger partial charge in [-0.15, -0.1) is 0 Å². The molecule has 0 aliphatic carbocycles. The van der Waals surface area contributed by atoms with Gasteiger partial charge in [0, 0.05) is 24.5 Å². The number of amides is 1. The molecule has 0 saturated heterocycles. The summed E-state index contributed by atoms with van der Waals surface area (Å²) in [7, 11) is 0. The number of rotatable bonds is 7. The van der Waals surface area contributed by atoms with E-state index in [4.69, 9.17) is 0 Å². The molecule has 0 radical (unpaired) electrons. The van der Waals surface area contributed by atoms with E-state index in [1.165, 1.54) is 12.1 Å². The molecule has 5 aromatic rings. The highest BCUT2D eigenvalue weighted by atomic mass is 19.1. The van der Waals surface area contributed by atoms with E-state index in [-0.39, 0.29) is 17.8 Å². The summed E-state index contributed by atoms with van der Waals surface area (Å²) in [6, 6.07) is 23.0. The Morgan fingerprint density at radius 2 is 1.76 bits per heavy atom. The van der Waals surface area contributed by atoms with Gasteiger partial charge in [-0.3, -0.25) is 9.48 Å². The molecular weight excluding hydrogens is 417 g/mol. The van der Waals surface area contributed by atoms with E-state index in [0.717, 1.165) is 22.2 Å². The minimum atomic E-state index is -0.362. The van der Waals surface area contributed by atoms with Crippen LogP contribution < -0.4 is 5.32 Å². The van der Waals surface area contributed by atoms with Crippen molar-refractivity contribution in [3.05, 3.63) is 120 Å². The summed E-state index contributed by atoms with van der Waals surface area (Å²) >= 11 is 0. The van der Waals surface area contributed by atoms with E-state index in [9.17, 15) is 9.18 Å². The van der Waals surface area contributed by atoms with Crippen LogP contribution in [0.2, 0.25) is 0 Å². The Balaban J connectivity index is 1.37. The van der Waals surface area contributed by atoms with Crippen molar-refractivity contribution in [3.63, 3.8) is 0 Å². The Morgan fingerprint density at radius 1 is 0.970 bits per heavy atom. The summed E-state index contributed by atoms with van der Waals surface area (Å²) in [6.07, 6.45) is 5.39. The van der Waals surface area contributed by atoms with Crippen LogP contribution in [0, 0.1) is 5.82 Å². The number of imidazole rings is 1. The summed E-state index contributed by atoms with van der Waals surface area (Å²) in [4.78, 5) is 17.5. The van der Waals surface area contributed by atoms with Gasteiger partial charge in [-0.1, -0.05) is 36.4 Å². The number of nitrogens with one attached hydrogen (secondary N) is 1. The lowest BCUT2D eigenvalue weighted by atomic mass is 10.1. The summed E-state index contributed by atoms with van der Waals surface area (Å²) in [5.74, 6) is -0.510. The van der Waals surface area contributed by atoms with Gasteiger partial charge in [-0.25, -0.2) is 9.37 Å². The van der Waals surface area contributed by atoms with Crippen LogP contribution in [0.4, 0.5) is 4.39 Å². The Hall–Kier alpha value is -4.26. The zero-order valence-electron chi connectivity index (χ0n) is 17.8. The predicted octanol–water partition coefficient (Wildman–Crippen LogP) is 4.59. The molecule has 5 rings (SSSR count). The van der Waals surface area contributed by atoms with Gasteiger partial charge in [0.1, 0.15) is 5.82 Å². The number of carbonyl (C=O) groups is 1. The molecule has 0 spiro atoms. The third kappa shape index (κ3) is 4.67. The van der Waals surface area contributed by atoms with Crippen LogP contribution in [-0.2, 0) is 13.1 Å². The van der Waals surface area contributed by atoms with Gasteiger partial charge in [-0.2, -0.15) is 5.10 Å². The molecule has 0 bridgehead atoms.